The molecule has 0 aliphatic carbocycles. The number of amides is 1. The highest BCUT2D eigenvalue weighted by atomic mass is 19.2. The predicted molar refractivity (Wildman–Crippen MR) is 114 cm³/mol. The lowest BCUT2D eigenvalue weighted by atomic mass is 10.1. The Morgan fingerprint density at radius 3 is 2.47 bits per heavy atom. The highest BCUT2D eigenvalue weighted by Gasteiger charge is 2.22. The molecule has 0 fully saturated rings. The van der Waals surface area contributed by atoms with E-state index >= 15 is 0 Å². The van der Waals surface area contributed by atoms with Crippen molar-refractivity contribution in [3.63, 3.8) is 0 Å². The quantitative estimate of drug-likeness (QED) is 0.410. The fourth-order valence-corrected chi connectivity index (χ4v) is 3.48. The molecule has 0 spiro atoms. The largest absolute Gasteiger partial charge is 0.357 e. The summed E-state index contributed by atoms with van der Waals surface area (Å²) in [5.41, 5.74) is 3.06. The maximum atomic E-state index is 13.5. The van der Waals surface area contributed by atoms with E-state index in [1.165, 1.54) is 17.2 Å². The predicted octanol–water partition coefficient (Wildman–Crippen LogP) is 3.90. The minimum atomic E-state index is -0.870. The Hall–Kier alpha value is -2.96. The molecular formula is C23H28F2N4O. The van der Waals surface area contributed by atoms with Gasteiger partial charge in [-0.15, -0.1) is 0 Å². The summed E-state index contributed by atoms with van der Waals surface area (Å²) in [7, 11) is 0. The summed E-state index contributed by atoms with van der Waals surface area (Å²) in [5, 5.41) is 6.33. The monoisotopic (exact) mass is 414 g/mol. The zero-order chi connectivity index (χ0) is 21.5. The molecule has 2 N–H and O–H groups in total. The van der Waals surface area contributed by atoms with E-state index in [4.69, 9.17) is 0 Å². The standard InChI is InChI=1S/C23H28F2N4O/c1-3-26-23(28-16(2)17-10-11-20(24)21(25)13-17)27-12-6-9-22(30)29-14-18-7-4-5-8-19(18)15-29/h4-5,7-8,10-11,13,16H,3,6,9,12,14-15H2,1-2H3,(H2,26,27,28). The van der Waals surface area contributed by atoms with Crippen molar-refractivity contribution in [3.8, 4) is 0 Å². The number of hydrogen-bond acceptors (Lipinski definition) is 2. The lowest BCUT2D eigenvalue weighted by Crippen LogP contribution is -2.38. The molecule has 0 bridgehead atoms. The molecular weight excluding hydrogens is 386 g/mol. The summed E-state index contributed by atoms with van der Waals surface area (Å²) in [5.74, 6) is -1.02. The van der Waals surface area contributed by atoms with E-state index < -0.39 is 11.6 Å². The third-order valence-electron chi connectivity index (χ3n) is 5.15. The van der Waals surface area contributed by atoms with Gasteiger partial charge in [0.05, 0.1) is 6.04 Å². The fourth-order valence-electron chi connectivity index (χ4n) is 3.48. The SMILES string of the molecule is CCNC(=NCCCC(=O)N1Cc2ccccc2C1)NC(C)c1ccc(F)c(F)c1. The van der Waals surface area contributed by atoms with Gasteiger partial charge in [0.25, 0.3) is 0 Å². The van der Waals surface area contributed by atoms with Gasteiger partial charge in [0, 0.05) is 32.6 Å². The Kier molecular flexibility index (Phi) is 7.38. The summed E-state index contributed by atoms with van der Waals surface area (Å²) in [6.45, 7) is 6.32. The zero-order valence-electron chi connectivity index (χ0n) is 17.4. The summed E-state index contributed by atoms with van der Waals surface area (Å²) in [4.78, 5) is 18.9. The van der Waals surface area contributed by atoms with Gasteiger partial charge in [-0.25, -0.2) is 8.78 Å². The Bertz CT molecular complexity index is 891. The number of fused-ring (bicyclic) bond motifs is 1. The molecule has 3 rings (SSSR count). The van der Waals surface area contributed by atoms with Gasteiger partial charge in [-0.3, -0.25) is 9.79 Å². The number of nitrogens with one attached hydrogen (secondary N) is 2. The average molecular weight is 415 g/mol. The third kappa shape index (κ3) is 5.55. The number of benzene rings is 2. The van der Waals surface area contributed by atoms with Crippen molar-refractivity contribution in [1.82, 2.24) is 15.5 Å². The van der Waals surface area contributed by atoms with E-state index in [2.05, 4.69) is 27.8 Å². The second kappa shape index (κ2) is 10.2. The normalized spacial score (nSPS) is 14.4. The van der Waals surface area contributed by atoms with Crippen molar-refractivity contribution in [2.75, 3.05) is 13.1 Å². The van der Waals surface area contributed by atoms with E-state index in [-0.39, 0.29) is 11.9 Å². The molecule has 1 unspecified atom stereocenters. The van der Waals surface area contributed by atoms with Gasteiger partial charge in [-0.1, -0.05) is 30.3 Å². The molecule has 0 radical (unpaired) electrons. The maximum Gasteiger partial charge on any atom is 0.223 e. The highest BCUT2D eigenvalue weighted by molar-refractivity contribution is 5.80. The summed E-state index contributed by atoms with van der Waals surface area (Å²) < 4.78 is 26.6. The minimum Gasteiger partial charge on any atom is -0.357 e. The molecule has 0 saturated heterocycles. The molecule has 1 atom stereocenters. The maximum absolute atomic E-state index is 13.5. The van der Waals surface area contributed by atoms with Crippen LogP contribution in [0.25, 0.3) is 0 Å². The van der Waals surface area contributed by atoms with Crippen LogP contribution in [0.2, 0.25) is 0 Å². The van der Waals surface area contributed by atoms with E-state index in [1.54, 1.807) is 6.07 Å². The van der Waals surface area contributed by atoms with Crippen molar-refractivity contribution in [2.45, 2.75) is 45.8 Å². The van der Waals surface area contributed by atoms with Gasteiger partial charge < -0.3 is 15.5 Å². The second-order valence-electron chi connectivity index (χ2n) is 7.42. The van der Waals surface area contributed by atoms with Crippen molar-refractivity contribution in [1.29, 1.82) is 0 Å². The molecule has 1 heterocycles. The van der Waals surface area contributed by atoms with Crippen LogP contribution in [0.15, 0.2) is 47.5 Å². The molecule has 30 heavy (non-hydrogen) atoms. The molecule has 7 heteroatoms. The smallest absolute Gasteiger partial charge is 0.223 e. The first-order valence-electron chi connectivity index (χ1n) is 10.3. The number of guanidine groups is 1. The Balaban J connectivity index is 1.48. The van der Waals surface area contributed by atoms with Crippen LogP contribution >= 0.6 is 0 Å². The number of hydrogen-bond donors (Lipinski definition) is 2. The molecule has 160 valence electrons. The molecule has 0 saturated carbocycles. The van der Waals surface area contributed by atoms with Gasteiger partial charge in [-0.2, -0.15) is 0 Å². The van der Waals surface area contributed by atoms with Crippen LogP contribution in [0.4, 0.5) is 8.78 Å². The van der Waals surface area contributed by atoms with Crippen LogP contribution in [-0.2, 0) is 17.9 Å². The fraction of sp³-hybridized carbons (Fsp3) is 0.391. The number of carbonyl (C=O) groups excluding carboxylic acids is 1. The second-order valence-corrected chi connectivity index (χ2v) is 7.42. The molecule has 5 nitrogen and oxygen atoms in total. The lowest BCUT2D eigenvalue weighted by Gasteiger charge is -2.18. The van der Waals surface area contributed by atoms with E-state index in [1.807, 2.05) is 30.9 Å². The number of nitrogens with zero attached hydrogens (tertiary/aromatic N) is 2. The van der Waals surface area contributed by atoms with E-state index in [0.717, 1.165) is 6.07 Å². The summed E-state index contributed by atoms with van der Waals surface area (Å²) >= 11 is 0. The van der Waals surface area contributed by atoms with Crippen LogP contribution in [0.1, 0.15) is 49.4 Å². The van der Waals surface area contributed by atoms with Crippen LogP contribution < -0.4 is 10.6 Å². The third-order valence-corrected chi connectivity index (χ3v) is 5.15. The van der Waals surface area contributed by atoms with Crippen LogP contribution in [0, 0.1) is 11.6 Å². The molecule has 1 aliphatic rings. The zero-order valence-corrected chi connectivity index (χ0v) is 17.4. The first-order valence-corrected chi connectivity index (χ1v) is 10.3. The van der Waals surface area contributed by atoms with E-state index in [0.29, 0.717) is 50.5 Å². The number of aliphatic imine (C=N–C) groups is 1. The van der Waals surface area contributed by atoms with Gasteiger partial charge in [0.15, 0.2) is 17.6 Å². The highest BCUT2D eigenvalue weighted by Crippen LogP contribution is 2.23. The minimum absolute atomic E-state index is 0.134. The van der Waals surface area contributed by atoms with Crippen LogP contribution in [0.5, 0.6) is 0 Å². The first-order chi connectivity index (χ1) is 14.5. The van der Waals surface area contributed by atoms with Gasteiger partial charge >= 0.3 is 0 Å². The van der Waals surface area contributed by atoms with Crippen LogP contribution in [0.3, 0.4) is 0 Å². The number of carbonyl (C=O) groups is 1. The van der Waals surface area contributed by atoms with E-state index in [9.17, 15) is 13.6 Å². The topological polar surface area (TPSA) is 56.7 Å². The van der Waals surface area contributed by atoms with Gasteiger partial charge in [0.2, 0.25) is 5.91 Å². The summed E-state index contributed by atoms with van der Waals surface area (Å²) in [6, 6.07) is 11.7. The van der Waals surface area contributed by atoms with Crippen molar-refractivity contribution in [2.24, 2.45) is 4.99 Å². The van der Waals surface area contributed by atoms with Crippen LogP contribution in [-0.4, -0.2) is 29.9 Å². The Labute approximate surface area is 176 Å². The number of rotatable bonds is 7. The molecule has 0 aromatic heterocycles. The number of halogens is 2. The summed E-state index contributed by atoms with van der Waals surface area (Å²) in [6.07, 6.45) is 1.08. The molecule has 1 aliphatic heterocycles. The Morgan fingerprint density at radius 1 is 1.13 bits per heavy atom. The average Bonchev–Trinajstić information content (AvgIpc) is 3.17. The van der Waals surface area contributed by atoms with Crippen molar-refractivity contribution < 1.29 is 13.6 Å². The molecule has 2 aromatic rings. The Morgan fingerprint density at radius 2 is 1.83 bits per heavy atom. The van der Waals surface area contributed by atoms with Crippen molar-refractivity contribution in [3.05, 3.63) is 70.8 Å². The first kappa shape index (κ1) is 21.7. The molecule has 1 amide bonds. The van der Waals surface area contributed by atoms with Gasteiger partial charge in [0.1, 0.15) is 0 Å². The lowest BCUT2D eigenvalue weighted by molar-refractivity contribution is -0.131. The van der Waals surface area contributed by atoms with Gasteiger partial charge in [-0.05, 0) is 49.1 Å². The van der Waals surface area contributed by atoms with Crippen molar-refractivity contribution >= 4 is 11.9 Å². The molecule has 2 aromatic carbocycles.